The molecule has 0 aromatic heterocycles. The Labute approximate surface area is 122 Å². The van der Waals surface area contributed by atoms with Crippen LogP contribution >= 0.6 is 0 Å². The number of aliphatic hydroxyl groups excluding tert-OH is 1. The molecular formula is C15H25NO3S. The maximum Gasteiger partial charge on any atom is 0.241 e. The Balaban J connectivity index is 2.94. The molecule has 5 heteroatoms. The third-order valence-corrected chi connectivity index (χ3v) is 5.40. The maximum atomic E-state index is 12.4. The van der Waals surface area contributed by atoms with Gasteiger partial charge in [0.15, 0.2) is 0 Å². The number of nitrogens with one attached hydrogen (secondary N) is 1. The molecule has 0 heterocycles. The quantitative estimate of drug-likeness (QED) is 0.813. The maximum absolute atomic E-state index is 12.4. The molecule has 0 aliphatic heterocycles. The molecule has 20 heavy (non-hydrogen) atoms. The Morgan fingerprint density at radius 1 is 1.30 bits per heavy atom. The van der Waals surface area contributed by atoms with Crippen LogP contribution in [-0.2, 0) is 16.6 Å². The predicted molar refractivity (Wildman–Crippen MR) is 81.0 cm³/mol. The summed E-state index contributed by atoms with van der Waals surface area (Å²) in [4.78, 5) is 0.250. The van der Waals surface area contributed by atoms with E-state index >= 15 is 0 Å². The summed E-state index contributed by atoms with van der Waals surface area (Å²) in [5, 5.41) is 9.23. The van der Waals surface area contributed by atoms with Crippen LogP contribution in [0.4, 0.5) is 0 Å². The predicted octanol–water partition coefficient (Wildman–Crippen LogP) is 2.59. The fourth-order valence-electron chi connectivity index (χ4n) is 2.27. The van der Waals surface area contributed by atoms with E-state index in [4.69, 9.17) is 0 Å². The number of hydrogen-bond donors (Lipinski definition) is 2. The van der Waals surface area contributed by atoms with E-state index in [1.807, 2.05) is 6.92 Å². The zero-order chi connectivity index (χ0) is 15.3. The van der Waals surface area contributed by atoms with Gasteiger partial charge in [-0.3, -0.25) is 0 Å². The summed E-state index contributed by atoms with van der Waals surface area (Å²) in [6, 6.07) is 4.86. The van der Waals surface area contributed by atoms with E-state index in [0.29, 0.717) is 17.0 Å². The molecule has 2 atom stereocenters. The molecule has 0 radical (unpaired) electrons. The highest BCUT2D eigenvalue weighted by molar-refractivity contribution is 7.89. The lowest BCUT2D eigenvalue weighted by Gasteiger charge is -2.19. The molecule has 1 aromatic rings. The summed E-state index contributed by atoms with van der Waals surface area (Å²) >= 11 is 0. The van der Waals surface area contributed by atoms with Crippen molar-refractivity contribution in [3.8, 4) is 0 Å². The minimum Gasteiger partial charge on any atom is -0.392 e. The largest absolute Gasteiger partial charge is 0.392 e. The summed E-state index contributed by atoms with van der Waals surface area (Å²) in [7, 11) is -3.54. The van der Waals surface area contributed by atoms with E-state index in [1.54, 1.807) is 25.1 Å². The number of rotatable bonds is 7. The molecule has 1 rings (SSSR count). The first-order valence-electron chi connectivity index (χ1n) is 7.03. The second kappa shape index (κ2) is 7.20. The molecule has 0 amide bonds. The Kier molecular flexibility index (Phi) is 6.17. The SMILES string of the molecule is CCC(C)CC(C)NS(=O)(=O)c1cccc(CO)c1C. The van der Waals surface area contributed by atoms with Gasteiger partial charge in [-0.2, -0.15) is 0 Å². The van der Waals surface area contributed by atoms with Crippen LogP contribution < -0.4 is 4.72 Å². The number of benzene rings is 1. The molecule has 0 bridgehead atoms. The number of hydrogen-bond acceptors (Lipinski definition) is 3. The van der Waals surface area contributed by atoms with E-state index in [1.165, 1.54) is 0 Å². The van der Waals surface area contributed by atoms with Crippen molar-refractivity contribution in [3.05, 3.63) is 29.3 Å². The smallest absolute Gasteiger partial charge is 0.241 e. The Hall–Kier alpha value is -0.910. The first kappa shape index (κ1) is 17.1. The number of sulfonamides is 1. The van der Waals surface area contributed by atoms with Gasteiger partial charge in [-0.25, -0.2) is 13.1 Å². The molecule has 0 saturated carbocycles. The van der Waals surface area contributed by atoms with Crippen LogP contribution in [0.1, 0.15) is 44.7 Å². The third kappa shape index (κ3) is 4.30. The summed E-state index contributed by atoms with van der Waals surface area (Å²) in [5.41, 5.74) is 1.25. The van der Waals surface area contributed by atoms with Crippen LogP contribution in [0.25, 0.3) is 0 Å². The Morgan fingerprint density at radius 2 is 1.95 bits per heavy atom. The first-order valence-corrected chi connectivity index (χ1v) is 8.51. The van der Waals surface area contributed by atoms with E-state index in [2.05, 4.69) is 18.6 Å². The van der Waals surface area contributed by atoms with Crippen molar-refractivity contribution in [2.75, 3.05) is 0 Å². The summed E-state index contributed by atoms with van der Waals surface area (Å²) < 4.78 is 27.5. The van der Waals surface area contributed by atoms with Crippen molar-refractivity contribution >= 4 is 10.0 Å². The Bertz CT molecular complexity index is 540. The first-order chi connectivity index (χ1) is 9.31. The summed E-state index contributed by atoms with van der Waals surface area (Å²) in [5.74, 6) is 0.484. The van der Waals surface area contributed by atoms with Gasteiger partial charge >= 0.3 is 0 Å². The molecule has 1 aromatic carbocycles. The molecule has 114 valence electrons. The van der Waals surface area contributed by atoms with Crippen molar-refractivity contribution < 1.29 is 13.5 Å². The van der Waals surface area contributed by atoms with E-state index in [0.717, 1.165) is 12.8 Å². The van der Waals surface area contributed by atoms with E-state index in [9.17, 15) is 13.5 Å². The zero-order valence-electron chi connectivity index (χ0n) is 12.7. The summed E-state index contributed by atoms with van der Waals surface area (Å²) in [6.07, 6.45) is 1.85. The van der Waals surface area contributed by atoms with Gasteiger partial charge < -0.3 is 5.11 Å². The third-order valence-electron chi connectivity index (χ3n) is 3.67. The molecule has 0 saturated heterocycles. The van der Waals surface area contributed by atoms with Gasteiger partial charge in [0, 0.05) is 6.04 Å². The molecule has 4 nitrogen and oxygen atoms in total. The van der Waals surface area contributed by atoms with Crippen LogP contribution in [0, 0.1) is 12.8 Å². The molecule has 2 unspecified atom stereocenters. The molecule has 2 N–H and O–H groups in total. The number of aliphatic hydroxyl groups is 1. The fourth-order valence-corrected chi connectivity index (χ4v) is 3.81. The van der Waals surface area contributed by atoms with Crippen molar-refractivity contribution in [2.45, 2.75) is 58.1 Å². The van der Waals surface area contributed by atoms with Gasteiger partial charge in [-0.05, 0) is 43.4 Å². The van der Waals surface area contributed by atoms with Crippen molar-refractivity contribution in [2.24, 2.45) is 5.92 Å². The highest BCUT2D eigenvalue weighted by atomic mass is 32.2. The average molecular weight is 299 g/mol. The normalized spacial score (nSPS) is 15.1. The van der Waals surface area contributed by atoms with E-state index in [-0.39, 0.29) is 17.5 Å². The highest BCUT2D eigenvalue weighted by Crippen LogP contribution is 2.20. The lowest BCUT2D eigenvalue weighted by molar-refractivity contribution is 0.280. The fraction of sp³-hybridized carbons (Fsp3) is 0.600. The van der Waals surface area contributed by atoms with Gasteiger partial charge in [0.2, 0.25) is 10.0 Å². The van der Waals surface area contributed by atoms with Crippen molar-refractivity contribution in [1.29, 1.82) is 0 Å². The van der Waals surface area contributed by atoms with Gasteiger partial charge in [-0.15, -0.1) is 0 Å². The van der Waals surface area contributed by atoms with Crippen molar-refractivity contribution in [3.63, 3.8) is 0 Å². The van der Waals surface area contributed by atoms with Crippen LogP contribution in [0.5, 0.6) is 0 Å². The average Bonchev–Trinajstić information content (AvgIpc) is 2.37. The second-order valence-electron chi connectivity index (χ2n) is 5.47. The van der Waals surface area contributed by atoms with Gasteiger partial charge in [0.25, 0.3) is 0 Å². The monoisotopic (exact) mass is 299 g/mol. The zero-order valence-corrected chi connectivity index (χ0v) is 13.5. The van der Waals surface area contributed by atoms with Crippen molar-refractivity contribution in [1.82, 2.24) is 4.72 Å². The van der Waals surface area contributed by atoms with E-state index < -0.39 is 10.0 Å². The van der Waals surface area contributed by atoms with Crippen LogP contribution in [0.3, 0.4) is 0 Å². The van der Waals surface area contributed by atoms with Gasteiger partial charge in [-0.1, -0.05) is 32.4 Å². The van der Waals surface area contributed by atoms with Crippen LogP contribution in [0.15, 0.2) is 23.1 Å². The lowest BCUT2D eigenvalue weighted by atomic mass is 10.0. The van der Waals surface area contributed by atoms with Gasteiger partial charge in [0.05, 0.1) is 11.5 Å². The second-order valence-corrected chi connectivity index (χ2v) is 7.15. The molecule has 0 fully saturated rings. The standard InChI is InChI=1S/C15H25NO3S/c1-5-11(2)9-12(3)16-20(18,19)15-8-6-7-14(10-17)13(15)4/h6-8,11-12,16-17H,5,9-10H2,1-4H3. The molecule has 0 aliphatic rings. The Morgan fingerprint density at radius 3 is 2.50 bits per heavy atom. The topological polar surface area (TPSA) is 66.4 Å². The molecule has 0 aliphatic carbocycles. The highest BCUT2D eigenvalue weighted by Gasteiger charge is 2.21. The van der Waals surface area contributed by atoms with Crippen LogP contribution in [0.2, 0.25) is 0 Å². The minimum absolute atomic E-state index is 0.105. The van der Waals surface area contributed by atoms with Crippen LogP contribution in [-0.4, -0.2) is 19.6 Å². The lowest BCUT2D eigenvalue weighted by Crippen LogP contribution is -2.34. The summed E-state index contributed by atoms with van der Waals surface area (Å²) in [6.45, 7) is 7.66. The van der Waals surface area contributed by atoms with Gasteiger partial charge in [0.1, 0.15) is 0 Å². The minimum atomic E-state index is -3.54. The molecule has 0 spiro atoms. The molecular weight excluding hydrogens is 274 g/mol.